The molecule has 0 aliphatic carbocycles. The third-order valence-corrected chi connectivity index (χ3v) is 6.93. The number of benzene rings is 1. The number of hydrogen-bond acceptors (Lipinski definition) is 5. The Hall–Kier alpha value is -3.58. The van der Waals surface area contributed by atoms with Crippen LogP contribution in [0.4, 0.5) is 5.82 Å². The first-order valence-electron chi connectivity index (χ1n) is 12.2. The molecular formula is C28H33N5O2. The zero-order valence-electron chi connectivity index (χ0n) is 20.7. The number of aromatic nitrogens is 3. The molecule has 182 valence electrons. The maximum absolute atomic E-state index is 12.3. The molecule has 0 saturated carbocycles. The number of piperidine rings is 1. The van der Waals surface area contributed by atoms with Gasteiger partial charge in [0.25, 0.3) is 5.56 Å². The fourth-order valence-electron chi connectivity index (χ4n) is 4.86. The monoisotopic (exact) mass is 471 g/mol. The normalized spacial score (nSPS) is 14.7. The average molecular weight is 472 g/mol. The van der Waals surface area contributed by atoms with Crippen LogP contribution in [-0.4, -0.2) is 59.8 Å². The quantitative estimate of drug-likeness (QED) is 0.436. The van der Waals surface area contributed by atoms with Crippen molar-refractivity contribution in [2.75, 3.05) is 45.2 Å². The number of aryl methyl sites for hydroxylation is 1. The maximum Gasteiger partial charge on any atom is 0.274 e. The lowest BCUT2D eigenvalue weighted by Gasteiger charge is -2.33. The molecule has 7 nitrogen and oxygen atoms in total. The summed E-state index contributed by atoms with van der Waals surface area (Å²) in [6.07, 6.45) is 7.83. The number of nitrogens with zero attached hydrogens (tertiary/aromatic N) is 4. The lowest BCUT2D eigenvalue weighted by atomic mass is 9.89. The summed E-state index contributed by atoms with van der Waals surface area (Å²) in [5, 5.41) is 0.928. The molecule has 1 aliphatic rings. The van der Waals surface area contributed by atoms with Gasteiger partial charge in [-0.25, -0.2) is 4.98 Å². The molecule has 0 spiro atoms. The first-order chi connectivity index (χ1) is 17.0. The molecule has 1 fully saturated rings. The molecule has 7 heteroatoms. The van der Waals surface area contributed by atoms with Crippen molar-refractivity contribution < 1.29 is 4.74 Å². The second-order valence-corrected chi connectivity index (χ2v) is 9.61. The molecule has 1 saturated heterocycles. The van der Waals surface area contributed by atoms with Gasteiger partial charge in [0.2, 0.25) is 0 Å². The summed E-state index contributed by atoms with van der Waals surface area (Å²) in [7, 11) is 5.89. The number of hydrogen-bond donors (Lipinski definition) is 1. The third-order valence-electron chi connectivity index (χ3n) is 6.93. The molecule has 1 aromatic carbocycles. The fraction of sp³-hybridized carbons (Fsp3) is 0.357. The largest absolute Gasteiger partial charge is 0.492 e. The molecule has 4 heterocycles. The summed E-state index contributed by atoms with van der Waals surface area (Å²) in [5.41, 5.74) is 4.02. The first kappa shape index (κ1) is 23.2. The van der Waals surface area contributed by atoms with Gasteiger partial charge in [-0.15, -0.1) is 0 Å². The zero-order valence-corrected chi connectivity index (χ0v) is 20.7. The lowest BCUT2D eigenvalue weighted by molar-refractivity contribution is 0.261. The Morgan fingerprint density at radius 2 is 1.86 bits per heavy atom. The number of aromatic amines is 1. The van der Waals surface area contributed by atoms with E-state index >= 15 is 0 Å². The van der Waals surface area contributed by atoms with E-state index in [0.717, 1.165) is 60.6 Å². The molecule has 1 N–H and O–H groups in total. The maximum atomic E-state index is 12.3. The molecule has 5 rings (SSSR count). The van der Waals surface area contributed by atoms with Crippen LogP contribution >= 0.6 is 0 Å². The third kappa shape index (κ3) is 4.95. The highest BCUT2D eigenvalue weighted by Gasteiger charge is 2.22. The summed E-state index contributed by atoms with van der Waals surface area (Å²) in [5.74, 6) is 2.51. The number of ether oxygens (including phenoxy) is 1. The van der Waals surface area contributed by atoms with Crippen LogP contribution in [0, 0.1) is 0 Å². The minimum atomic E-state index is -0.0207. The van der Waals surface area contributed by atoms with E-state index in [1.165, 1.54) is 5.56 Å². The lowest BCUT2D eigenvalue weighted by Crippen LogP contribution is -2.33. The van der Waals surface area contributed by atoms with Gasteiger partial charge in [0.1, 0.15) is 23.7 Å². The summed E-state index contributed by atoms with van der Waals surface area (Å²) >= 11 is 0. The minimum absolute atomic E-state index is 0.0207. The van der Waals surface area contributed by atoms with Crippen molar-refractivity contribution in [3.05, 3.63) is 77.0 Å². The van der Waals surface area contributed by atoms with Crippen molar-refractivity contribution in [1.82, 2.24) is 19.4 Å². The van der Waals surface area contributed by atoms with Crippen LogP contribution in [0.3, 0.4) is 0 Å². The Balaban J connectivity index is 1.22. The molecule has 1 aliphatic heterocycles. The summed E-state index contributed by atoms with van der Waals surface area (Å²) < 4.78 is 7.45. The fourth-order valence-corrected chi connectivity index (χ4v) is 4.86. The van der Waals surface area contributed by atoms with Gasteiger partial charge in [-0.2, -0.15) is 0 Å². The highest BCUT2D eigenvalue weighted by Crippen LogP contribution is 2.32. The van der Waals surface area contributed by atoms with Gasteiger partial charge >= 0.3 is 0 Å². The van der Waals surface area contributed by atoms with E-state index in [2.05, 4.69) is 65.3 Å². The topological polar surface area (TPSA) is 66.4 Å². The number of nitrogens with one attached hydrogen (secondary N) is 1. The van der Waals surface area contributed by atoms with Gasteiger partial charge in [0, 0.05) is 61.8 Å². The number of rotatable bonds is 7. The van der Waals surface area contributed by atoms with Crippen LogP contribution in [0.15, 0.2) is 65.8 Å². The standard InChI is InChI=1S/C28H33N5O2/c1-31(2)16-17-35-23-7-4-20(5-8-23)21-11-14-33(15-12-21)26-9-6-22(18-30-26)25-19-32(3)28(34)27-24(25)10-13-29-27/h4-10,13,18-19,21,29H,11-12,14-17H2,1-3H3. The SMILES string of the molecule is CN(C)CCOc1ccc(C2CCN(c3ccc(-c4cn(C)c(=O)c5[nH]ccc45)cn3)CC2)cc1. The molecule has 0 atom stereocenters. The Morgan fingerprint density at radius 3 is 2.54 bits per heavy atom. The van der Waals surface area contributed by atoms with Crippen LogP contribution in [0.25, 0.3) is 22.0 Å². The Labute approximate surface area is 206 Å². The van der Waals surface area contributed by atoms with Gasteiger partial charge in [-0.3, -0.25) is 4.79 Å². The number of fused-ring (bicyclic) bond motifs is 1. The molecule has 35 heavy (non-hydrogen) atoms. The number of anilines is 1. The summed E-state index contributed by atoms with van der Waals surface area (Å²) in [4.78, 5) is 24.7. The Morgan fingerprint density at radius 1 is 1.09 bits per heavy atom. The zero-order chi connectivity index (χ0) is 24.4. The predicted octanol–water partition coefficient (Wildman–Crippen LogP) is 4.25. The van der Waals surface area contributed by atoms with Crippen LogP contribution in [-0.2, 0) is 7.05 Å². The van der Waals surface area contributed by atoms with Crippen molar-refractivity contribution in [3.8, 4) is 16.9 Å². The smallest absolute Gasteiger partial charge is 0.274 e. The molecule has 0 amide bonds. The first-order valence-corrected chi connectivity index (χ1v) is 12.2. The molecule has 0 radical (unpaired) electrons. The van der Waals surface area contributed by atoms with Crippen LogP contribution in [0.1, 0.15) is 24.3 Å². The van der Waals surface area contributed by atoms with E-state index < -0.39 is 0 Å². The second-order valence-electron chi connectivity index (χ2n) is 9.61. The molecular weight excluding hydrogens is 438 g/mol. The van der Waals surface area contributed by atoms with E-state index in [1.807, 2.05) is 24.7 Å². The highest BCUT2D eigenvalue weighted by atomic mass is 16.5. The summed E-state index contributed by atoms with van der Waals surface area (Å²) in [6.45, 7) is 3.59. The van der Waals surface area contributed by atoms with Gasteiger partial charge in [0.15, 0.2) is 0 Å². The van der Waals surface area contributed by atoms with E-state index in [0.29, 0.717) is 18.0 Å². The highest BCUT2D eigenvalue weighted by molar-refractivity contribution is 5.94. The molecule has 4 aromatic rings. The van der Waals surface area contributed by atoms with Crippen molar-refractivity contribution in [2.45, 2.75) is 18.8 Å². The van der Waals surface area contributed by atoms with E-state index in [9.17, 15) is 4.79 Å². The molecule has 0 unspecified atom stereocenters. The average Bonchev–Trinajstić information content (AvgIpc) is 3.37. The molecule has 0 bridgehead atoms. The summed E-state index contributed by atoms with van der Waals surface area (Å²) in [6, 6.07) is 14.8. The van der Waals surface area contributed by atoms with Gasteiger partial charge in [-0.05, 0) is 68.8 Å². The van der Waals surface area contributed by atoms with Gasteiger partial charge < -0.3 is 24.1 Å². The minimum Gasteiger partial charge on any atom is -0.492 e. The van der Waals surface area contributed by atoms with Crippen molar-refractivity contribution in [2.24, 2.45) is 7.05 Å². The van der Waals surface area contributed by atoms with Gasteiger partial charge in [0.05, 0.1) is 0 Å². The predicted molar refractivity (Wildman–Crippen MR) is 141 cm³/mol. The molecule has 3 aromatic heterocycles. The van der Waals surface area contributed by atoms with Crippen LogP contribution in [0.5, 0.6) is 5.75 Å². The van der Waals surface area contributed by atoms with E-state index in [-0.39, 0.29) is 5.56 Å². The van der Waals surface area contributed by atoms with Crippen LogP contribution < -0.4 is 15.2 Å². The number of likely N-dealkylation sites (N-methyl/N-ethyl adjacent to an activating group) is 1. The van der Waals surface area contributed by atoms with E-state index in [4.69, 9.17) is 9.72 Å². The van der Waals surface area contributed by atoms with Crippen molar-refractivity contribution in [3.63, 3.8) is 0 Å². The van der Waals surface area contributed by atoms with Gasteiger partial charge in [-0.1, -0.05) is 12.1 Å². The van der Waals surface area contributed by atoms with Crippen LogP contribution in [0.2, 0.25) is 0 Å². The Bertz CT molecular complexity index is 1330. The second kappa shape index (κ2) is 9.96. The van der Waals surface area contributed by atoms with Crippen molar-refractivity contribution in [1.29, 1.82) is 0 Å². The Kier molecular flexibility index (Phi) is 6.59. The van der Waals surface area contributed by atoms with Crippen molar-refractivity contribution >= 4 is 16.7 Å². The number of pyridine rings is 2. The van der Waals surface area contributed by atoms with E-state index in [1.54, 1.807) is 11.6 Å². The number of H-pyrrole nitrogens is 1.